The number of nitrogens with one attached hydrogen (secondary N) is 1. The van der Waals surface area contributed by atoms with Crippen molar-refractivity contribution in [3.8, 4) is 0 Å². The van der Waals surface area contributed by atoms with E-state index < -0.39 is 13.4 Å². The molecule has 0 aliphatic rings. The minimum absolute atomic E-state index is 0.244. The maximum absolute atomic E-state index is 12.0. The lowest BCUT2D eigenvalue weighted by atomic mass is 9.98. The molecule has 2 aromatic carbocycles. The molecule has 0 aliphatic heterocycles. The second-order valence-corrected chi connectivity index (χ2v) is 7.82. The summed E-state index contributed by atoms with van der Waals surface area (Å²) < 4.78 is 12.0. The van der Waals surface area contributed by atoms with Gasteiger partial charge < -0.3 is 9.79 Å². The van der Waals surface area contributed by atoms with E-state index in [1.807, 2.05) is 60.7 Å². The Kier molecular flexibility index (Phi) is 7.19. The van der Waals surface area contributed by atoms with Gasteiger partial charge in [0.05, 0.1) is 6.04 Å². The fraction of sp³-hybridized carbons (Fsp3) is 0.368. The molecular formula is C19H26NO3P. The van der Waals surface area contributed by atoms with Gasteiger partial charge in [-0.05, 0) is 17.5 Å². The molecule has 2 aromatic rings. The van der Waals surface area contributed by atoms with Gasteiger partial charge in [-0.2, -0.15) is 0 Å². The van der Waals surface area contributed by atoms with Crippen LogP contribution in [0.4, 0.5) is 0 Å². The molecule has 0 radical (unpaired) electrons. The molecule has 0 amide bonds. The summed E-state index contributed by atoms with van der Waals surface area (Å²) >= 11 is 0. The van der Waals surface area contributed by atoms with Crippen LogP contribution in [-0.2, 0) is 4.57 Å². The first-order chi connectivity index (χ1) is 11.5. The Morgan fingerprint density at radius 1 is 0.917 bits per heavy atom. The van der Waals surface area contributed by atoms with Crippen molar-refractivity contribution in [1.29, 1.82) is 0 Å². The third kappa shape index (κ3) is 5.57. The Morgan fingerprint density at radius 3 is 1.83 bits per heavy atom. The van der Waals surface area contributed by atoms with Gasteiger partial charge in [-0.15, -0.1) is 0 Å². The molecule has 0 bridgehead atoms. The van der Waals surface area contributed by atoms with E-state index in [1.54, 1.807) is 0 Å². The summed E-state index contributed by atoms with van der Waals surface area (Å²) in [4.78, 5) is 19.5. The van der Waals surface area contributed by atoms with Crippen LogP contribution in [-0.4, -0.2) is 15.6 Å². The average molecular weight is 347 g/mol. The summed E-state index contributed by atoms with van der Waals surface area (Å²) in [6.45, 7) is 2.08. The molecule has 0 aliphatic carbocycles. The number of rotatable bonds is 9. The van der Waals surface area contributed by atoms with Gasteiger partial charge in [-0.3, -0.25) is 9.88 Å². The lowest BCUT2D eigenvalue weighted by Crippen LogP contribution is -2.33. The van der Waals surface area contributed by atoms with Crippen molar-refractivity contribution in [1.82, 2.24) is 5.32 Å². The van der Waals surface area contributed by atoms with Crippen LogP contribution in [0, 0.1) is 0 Å². The van der Waals surface area contributed by atoms with Crippen molar-refractivity contribution < 1.29 is 14.4 Å². The lowest BCUT2D eigenvalue weighted by Gasteiger charge is -2.27. The molecule has 24 heavy (non-hydrogen) atoms. The van der Waals surface area contributed by atoms with E-state index in [4.69, 9.17) is 0 Å². The summed E-state index contributed by atoms with van der Waals surface area (Å²) in [5.74, 6) is -0.838. The van der Waals surface area contributed by atoms with Crippen LogP contribution in [0.15, 0.2) is 60.7 Å². The minimum Gasteiger partial charge on any atom is -0.323 e. The quantitative estimate of drug-likeness (QED) is 0.463. The molecule has 0 aromatic heterocycles. The minimum atomic E-state index is -4.22. The molecule has 0 unspecified atom stereocenters. The number of benzene rings is 2. The standard InChI is InChI=1S/C19H26NO3P/c1-2-3-6-15-18(24(21,22)23)20-19(16-11-7-4-8-12-16)17-13-9-5-10-14-17/h4-5,7-14,18-20H,2-3,6,15H2,1H3,(H2,21,22,23)/t18-/m1/s1. The zero-order valence-corrected chi connectivity index (χ0v) is 14.9. The van der Waals surface area contributed by atoms with Gasteiger partial charge >= 0.3 is 7.60 Å². The third-order valence-electron chi connectivity index (χ3n) is 4.11. The van der Waals surface area contributed by atoms with Gasteiger partial charge in [-0.1, -0.05) is 86.8 Å². The van der Waals surface area contributed by atoms with Crippen molar-refractivity contribution in [3.05, 3.63) is 71.8 Å². The van der Waals surface area contributed by atoms with E-state index in [2.05, 4.69) is 12.2 Å². The SMILES string of the molecule is CCCCC[C@H](NC(c1ccccc1)c1ccccc1)P(=O)(O)O. The smallest absolute Gasteiger partial charge is 0.323 e. The number of hydrogen-bond donors (Lipinski definition) is 3. The molecule has 0 saturated carbocycles. The third-order valence-corrected chi connectivity index (χ3v) is 5.33. The Balaban J connectivity index is 2.27. The van der Waals surface area contributed by atoms with Crippen molar-refractivity contribution in [2.75, 3.05) is 0 Å². The highest BCUT2D eigenvalue weighted by atomic mass is 31.2. The van der Waals surface area contributed by atoms with E-state index in [0.29, 0.717) is 6.42 Å². The van der Waals surface area contributed by atoms with E-state index in [0.717, 1.165) is 30.4 Å². The molecule has 0 fully saturated rings. The van der Waals surface area contributed by atoms with Crippen molar-refractivity contribution in [3.63, 3.8) is 0 Å². The first kappa shape index (κ1) is 18.9. The summed E-state index contributed by atoms with van der Waals surface area (Å²) in [6, 6.07) is 19.3. The van der Waals surface area contributed by atoms with Crippen LogP contribution in [0.5, 0.6) is 0 Å². The largest absolute Gasteiger partial charge is 0.342 e. The second kappa shape index (κ2) is 9.14. The fourth-order valence-electron chi connectivity index (χ4n) is 2.80. The van der Waals surface area contributed by atoms with Crippen molar-refractivity contribution in [2.24, 2.45) is 0 Å². The van der Waals surface area contributed by atoms with Crippen molar-refractivity contribution >= 4 is 7.60 Å². The fourth-order valence-corrected chi connectivity index (χ4v) is 3.67. The lowest BCUT2D eigenvalue weighted by molar-refractivity contribution is 0.333. The predicted molar refractivity (Wildman–Crippen MR) is 97.8 cm³/mol. The Hall–Kier alpha value is -1.45. The molecular weight excluding hydrogens is 321 g/mol. The van der Waals surface area contributed by atoms with Crippen LogP contribution in [0.3, 0.4) is 0 Å². The maximum Gasteiger partial charge on any atom is 0.342 e. The maximum atomic E-state index is 12.0. The summed E-state index contributed by atoms with van der Waals surface area (Å²) in [7, 11) is -4.22. The normalized spacial score (nSPS) is 13.2. The first-order valence-corrected chi connectivity index (χ1v) is 10.1. The van der Waals surface area contributed by atoms with Crippen LogP contribution in [0.2, 0.25) is 0 Å². The molecule has 5 heteroatoms. The number of unbranched alkanes of at least 4 members (excludes halogenated alkanes) is 2. The van der Waals surface area contributed by atoms with Crippen LogP contribution in [0.25, 0.3) is 0 Å². The first-order valence-electron chi connectivity index (χ1n) is 8.43. The van der Waals surface area contributed by atoms with Gasteiger partial charge in [0.25, 0.3) is 0 Å². The Morgan fingerprint density at radius 2 is 1.42 bits per heavy atom. The van der Waals surface area contributed by atoms with E-state index in [1.165, 1.54) is 0 Å². The van der Waals surface area contributed by atoms with Crippen LogP contribution in [0.1, 0.15) is 49.8 Å². The molecule has 4 nitrogen and oxygen atoms in total. The zero-order valence-electron chi connectivity index (χ0n) is 14.0. The molecule has 0 saturated heterocycles. The number of hydrogen-bond acceptors (Lipinski definition) is 2. The highest BCUT2D eigenvalue weighted by Crippen LogP contribution is 2.43. The average Bonchev–Trinajstić information content (AvgIpc) is 2.58. The highest BCUT2D eigenvalue weighted by molar-refractivity contribution is 7.52. The van der Waals surface area contributed by atoms with Gasteiger partial charge in [0.2, 0.25) is 0 Å². The Labute approximate surface area is 144 Å². The molecule has 1 atom stereocenters. The van der Waals surface area contributed by atoms with Crippen LogP contribution < -0.4 is 5.32 Å². The monoisotopic (exact) mass is 347 g/mol. The molecule has 0 spiro atoms. The molecule has 130 valence electrons. The van der Waals surface area contributed by atoms with E-state index in [-0.39, 0.29) is 6.04 Å². The van der Waals surface area contributed by atoms with Gasteiger partial charge in [0, 0.05) is 0 Å². The van der Waals surface area contributed by atoms with Gasteiger partial charge in [0.15, 0.2) is 0 Å². The van der Waals surface area contributed by atoms with Crippen LogP contribution >= 0.6 is 7.60 Å². The zero-order chi connectivity index (χ0) is 17.4. The van der Waals surface area contributed by atoms with Gasteiger partial charge in [-0.25, -0.2) is 0 Å². The van der Waals surface area contributed by atoms with Gasteiger partial charge in [0.1, 0.15) is 5.78 Å². The molecule has 0 heterocycles. The van der Waals surface area contributed by atoms with E-state index >= 15 is 0 Å². The second-order valence-electron chi connectivity index (χ2n) is 6.02. The predicted octanol–water partition coefficient (Wildman–Crippen LogP) is 4.45. The topological polar surface area (TPSA) is 69.6 Å². The molecule has 3 N–H and O–H groups in total. The summed E-state index contributed by atoms with van der Waals surface area (Å²) in [5, 5.41) is 3.22. The molecule has 2 rings (SSSR count). The highest BCUT2D eigenvalue weighted by Gasteiger charge is 2.31. The summed E-state index contributed by atoms with van der Waals surface area (Å²) in [6.07, 6.45) is 3.26. The van der Waals surface area contributed by atoms with Crippen molar-refractivity contribution in [2.45, 2.75) is 44.4 Å². The Bertz CT molecular complexity index is 603. The van der Waals surface area contributed by atoms with E-state index in [9.17, 15) is 14.4 Å². The summed E-state index contributed by atoms with van der Waals surface area (Å²) in [5.41, 5.74) is 2.00.